The van der Waals surface area contributed by atoms with E-state index >= 15 is 0 Å². The summed E-state index contributed by atoms with van der Waals surface area (Å²) in [4.78, 5) is 58.2. The molecule has 3 fully saturated rings. The van der Waals surface area contributed by atoms with Crippen molar-refractivity contribution in [3.05, 3.63) is 53.5 Å². The molecule has 0 radical (unpaired) electrons. The largest absolute Gasteiger partial charge is 0.469 e. The van der Waals surface area contributed by atoms with Gasteiger partial charge >= 0.3 is 12.1 Å². The third-order valence-corrected chi connectivity index (χ3v) is 15.1. The number of anilines is 1. The Hall–Kier alpha value is -4.97. The van der Waals surface area contributed by atoms with E-state index in [1.54, 1.807) is 37.7 Å². The van der Waals surface area contributed by atoms with Crippen molar-refractivity contribution in [2.45, 2.75) is 175 Å². The molecule has 1 aromatic heterocycles. The number of carbonyl (C=O) groups excluding carboxylic acids is 4. The van der Waals surface area contributed by atoms with E-state index in [9.17, 15) is 24.4 Å². The minimum Gasteiger partial charge on any atom is -0.469 e. The van der Waals surface area contributed by atoms with Crippen LogP contribution in [-0.4, -0.2) is 87.2 Å². The molecule has 7 atom stereocenters. The fourth-order valence-corrected chi connectivity index (χ4v) is 12.1. The number of unbranched alkanes of at least 4 members (excludes halogenated alkanes) is 5. The molecule has 2 N–H and O–H groups in total. The molecular weight excluding hydrogens is 837 g/mol. The third kappa shape index (κ3) is 10.3. The van der Waals surface area contributed by atoms with Crippen LogP contribution in [0.2, 0.25) is 0 Å². The summed E-state index contributed by atoms with van der Waals surface area (Å²) in [5.74, 6) is -1.10. The molecule has 1 aromatic carbocycles. The number of esters is 1. The standard InChI is InChI=1S/C51H76N8O7/c1-9-11-13-17-29-65-43-25-24-38-32-57(35-52)49(26-16-12-10-2,34-51(38)37(4)20-18-27-50(43,51)46(62)64-8)40-21-14-15-22-41(40)54-44(60)36(3)31-58-33-39(55-56-58)30-53-45(61)42-23-19-28-59(42)47(63)66-48(5,6)7/h14-15,21-23,33,36-38,43H,9-13,16-20,24-32,34H2,1-8H3,(H,53,61)(H,54,60)/t36?,37?,38-,43-,49?,50+,51+/m0/s1. The Morgan fingerprint density at radius 2 is 1.79 bits per heavy atom. The Bertz CT molecular complexity index is 2090. The average Bonchev–Trinajstić information content (AvgIpc) is 3.98. The summed E-state index contributed by atoms with van der Waals surface area (Å²) in [6, 6.07) is 7.91. The van der Waals surface area contributed by atoms with Gasteiger partial charge in [-0.25, -0.2) is 4.79 Å². The van der Waals surface area contributed by atoms with Gasteiger partial charge in [0.2, 0.25) is 5.91 Å². The predicted molar refractivity (Wildman–Crippen MR) is 251 cm³/mol. The second kappa shape index (κ2) is 21.8. The number of likely N-dealkylation sites (tertiary alicyclic amines) is 1. The lowest BCUT2D eigenvalue weighted by Gasteiger charge is -2.69. The number of hydrogen-bond donors (Lipinski definition) is 2. The maximum atomic E-state index is 14.8. The van der Waals surface area contributed by atoms with E-state index in [1.807, 2.05) is 30.0 Å². The van der Waals surface area contributed by atoms with E-state index in [0.29, 0.717) is 56.8 Å². The number of methoxy groups -OCH3 is 1. The minimum absolute atomic E-state index is 0.0752. The molecule has 66 heavy (non-hydrogen) atoms. The molecule has 2 aromatic rings. The summed E-state index contributed by atoms with van der Waals surface area (Å²) in [5.41, 5.74) is -0.618. The number of nitrogens with zero attached hydrogens (tertiary/aromatic N) is 6. The molecule has 3 amide bonds. The van der Waals surface area contributed by atoms with Gasteiger partial charge in [0.15, 0.2) is 6.19 Å². The van der Waals surface area contributed by atoms with Crippen LogP contribution in [0.4, 0.5) is 10.5 Å². The van der Waals surface area contributed by atoms with Gasteiger partial charge < -0.3 is 24.8 Å². The normalized spacial score (nSPS) is 26.6. The summed E-state index contributed by atoms with van der Waals surface area (Å²) >= 11 is 0. The van der Waals surface area contributed by atoms with E-state index in [-0.39, 0.29) is 48.6 Å². The third-order valence-electron chi connectivity index (χ3n) is 15.1. The quantitative estimate of drug-likeness (QED) is 0.0780. The number of hydrogen-bond acceptors (Lipinski definition) is 11. The number of piperidine rings is 1. The molecule has 362 valence electrons. The topological polar surface area (TPSA) is 181 Å². The fraction of sp³-hybridized carbons (Fsp3) is 0.706. The Morgan fingerprint density at radius 1 is 1.03 bits per heavy atom. The van der Waals surface area contributed by atoms with Crippen molar-refractivity contribution < 1.29 is 33.4 Å². The first-order valence-electron chi connectivity index (χ1n) is 24.8. The average molecular weight is 913 g/mol. The van der Waals surface area contributed by atoms with Crippen LogP contribution in [0.1, 0.15) is 156 Å². The number of para-hydroxylation sites is 1. The summed E-state index contributed by atoms with van der Waals surface area (Å²) < 4.78 is 19.8. The van der Waals surface area contributed by atoms with Gasteiger partial charge in [-0.2, -0.15) is 5.26 Å². The smallest absolute Gasteiger partial charge is 0.414 e. The molecule has 0 bridgehead atoms. The number of rotatable bonds is 19. The molecular formula is C51H76N8O7. The summed E-state index contributed by atoms with van der Waals surface area (Å²) in [6.07, 6.45) is 18.4. The van der Waals surface area contributed by atoms with Gasteiger partial charge in [-0.1, -0.05) is 109 Å². The molecule has 2 aliphatic carbocycles. The first kappa shape index (κ1) is 50.4. The highest BCUT2D eigenvalue weighted by Gasteiger charge is 2.73. The van der Waals surface area contributed by atoms with Crippen LogP contribution in [0.5, 0.6) is 0 Å². The second-order valence-electron chi connectivity index (χ2n) is 20.4. The molecule has 1 spiro atoms. The van der Waals surface area contributed by atoms with E-state index in [2.05, 4.69) is 54.0 Å². The fourth-order valence-electron chi connectivity index (χ4n) is 12.1. The van der Waals surface area contributed by atoms with Crippen molar-refractivity contribution in [3.8, 4) is 6.19 Å². The number of nitriles is 1. The summed E-state index contributed by atoms with van der Waals surface area (Å²) in [7, 11) is 1.52. The zero-order valence-corrected chi connectivity index (χ0v) is 41.0. The maximum absolute atomic E-state index is 14.8. The van der Waals surface area contributed by atoms with Gasteiger partial charge in [-0.05, 0) is 89.0 Å². The van der Waals surface area contributed by atoms with Gasteiger partial charge in [-0.15, -0.1) is 5.10 Å². The van der Waals surface area contributed by atoms with E-state index in [4.69, 9.17) is 14.2 Å². The lowest BCUT2D eigenvalue weighted by atomic mass is 9.38. The number of amides is 3. The molecule has 2 saturated carbocycles. The minimum atomic E-state index is -0.870. The summed E-state index contributed by atoms with van der Waals surface area (Å²) in [5, 5.41) is 25.8. The van der Waals surface area contributed by atoms with Crippen LogP contribution in [-0.2, 0) is 47.2 Å². The van der Waals surface area contributed by atoms with Crippen LogP contribution in [0.25, 0.3) is 0 Å². The SMILES string of the molecule is CCCCCCO[C@H]1CC[C@H]2CN(C#N)C(CCCCC)(c3ccccc3NC(=O)C(C)Cn3cc(CNC(=O)C4=CCCN4C(=O)OC(C)(C)C)nn3)C[C@@]23C(C)CCC[C@]13C(=O)OC. The highest BCUT2D eigenvalue weighted by atomic mass is 16.6. The van der Waals surface area contributed by atoms with Crippen molar-refractivity contribution >= 4 is 29.6 Å². The van der Waals surface area contributed by atoms with Gasteiger partial charge in [0.1, 0.15) is 22.4 Å². The van der Waals surface area contributed by atoms with Crippen molar-refractivity contribution in [1.82, 2.24) is 30.1 Å². The number of nitrogens with one attached hydrogen (secondary N) is 2. The van der Waals surface area contributed by atoms with Crippen molar-refractivity contribution in [1.29, 1.82) is 5.26 Å². The number of aromatic nitrogens is 3. The Morgan fingerprint density at radius 3 is 2.52 bits per heavy atom. The van der Waals surface area contributed by atoms with Crippen LogP contribution in [0.15, 0.2) is 42.2 Å². The first-order chi connectivity index (χ1) is 31.6. The second-order valence-corrected chi connectivity index (χ2v) is 20.4. The highest BCUT2D eigenvalue weighted by Crippen LogP contribution is 2.71. The lowest BCUT2D eigenvalue weighted by molar-refractivity contribution is -0.252. The van der Waals surface area contributed by atoms with Gasteiger partial charge in [0.05, 0.1) is 44.0 Å². The maximum Gasteiger partial charge on any atom is 0.414 e. The van der Waals surface area contributed by atoms with Crippen LogP contribution in [0, 0.1) is 40.0 Å². The molecule has 3 unspecified atom stereocenters. The number of ether oxygens (including phenoxy) is 3. The van der Waals surface area contributed by atoms with Crippen LogP contribution >= 0.6 is 0 Å². The van der Waals surface area contributed by atoms with Crippen molar-refractivity contribution in [3.63, 3.8) is 0 Å². The van der Waals surface area contributed by atoms with E-state index < -0.39 is 39.9 Å². The Balaban J connectivity index is 1.24. The van der Waals surface area contributed by atoms with Crippen LogP contribution in [0.3, 0.4) is 0 Å². The molecule has 3 heterocycles. The number of carbonyl (C=O) groups is 4. The van der Waals surface area contributed by atoms with Crippen molar-refractivity contribution in [2.75, 3.05) is 32.1 Å². The van der Waals surface area contributed by atoms with Crippen LogP contribution < -0.4 is 10.6 Å². The summed E-state index contributed by atoms with van der Waals surface area (Å²) in [6.45, 7) is 15.7. The molecule has 4 aliphatic rings. The lowest BCUT2D eigenvalue weighted by Crippen LogP contribution is -2.72. The molecule has 6 rings (SSSR count). The van der Waals surface area contributed by atoms with Gasteiger partial charge in [0, 0.05) is 30.9 Å². The van der Waals surface area contributed by atoms with E-state index in [1.165, 1.54) is 12.0 Å². The monoisotopic (exact) mass is 913 g/mol. The van der Waals surface area contributed by atoms with Gasteiger partial charge in [0.25, 0.3) is 5.91 Å². The Kier molecular flexibility index (Phi) is 16.6. The first-order valence-corrected chi connectivity index (χ1v) is 24.8. The van der Waals surface area contributed by atoms with Crippen molar-refractivity contribution in [2.24, 2.45) is 28.6 Å². The molecule has 15 nitrogen and oxygen atoms in total. The molecule has 15 heteroatoms. The zero-order chi connectivity index (χ0) is 47.7. The predicted octanol–water partition coefficient (Wildman–Crippen LogP) is 9.00. The van der Waals surface area contributed by atoms with E-state index in [0.717, 1.165) is 76.2 Å². The zero-order valence-electron chi connectivity index (χ0n) is 41.0. The highest BCUT2D eigenvalue weighted by molar-refractivity contribution is 5.97. The molecule has 1 saturated heterocycles. The molecule has 2 aliphatic heterocycles. The number of benzene rings is 1. The van der Waals surface area contributed by atoms with Gasteiger partial charge in [-0.3, -0.25) is 28.9 Å². The Labute approximate surface area is 392 Å².